The number of amides is 2. The number of nitrogens with zero attached hydrogens (tertiary/aromatic N) is 2. The monoisotopic (exact) mass is 264 g/mol. The van der Waals surface area contributed by atoms with Crippen LogP contribution in [0.3, 0.4) is 0 Å². The van der Waals surface area contributed by atoms with Crippen molar-refractivity contribution in [2.24, 2.45) is 11.8 Å². The molecule has 0 aromatic carbocycles. The van der Waals surface area contributed by atoms with Crippen LogP contribution in [0.4, 0.5) is 0 Å². The Bertz CT molecular complexity index is 355. The van der Waals surface area contributed by atoms with Crippen molar-refractivity contribution < 1.29 is 9.59 Å². The maximum absolute atomic E-state index is 12.3. The largest absolute Gasteiger partial charge is 0.345 e. The van der Waals surface area contributed by atoms with E-state index in [1.165, 1.54) is 25.3 Å². The molecule has 1 saturated carbocycles. The molecule has 0 atom stereocenters. The SMILES string of the molecule is C=CC(=O)N1CCC(C(=O)N(C)CC2CCC2)CC1. The van der Waals surface area contributed by atoms with E-state index in [2.05, 4.69) is 6.58 Å². The predicted octanol–water partition coefficient (Wildman–Crippen LogP) is 1.67. The zero-order valence-corrected chi connectivity index (χ0v) is 11.8. The quantitative estimate of drug-likeness (QED) is 0.725. The van der Waals surface area contributed by atoms with E-state index in [9.17, 15) is 9.59 Å². The summed E-state index contributed by atoms with van der Waals surface area (Å²) < 4.78 is 0. The third-order valence-corrected chi connectivity index (χ3v) is 4.46. The summed E-state index contributed by atoms with van der Waals surface area (Å²) in [5, 5.41) is 0. The molecule has 1 saturated heterocycles. The highest BCUT2D eigenvalue weighted by Gasteiger charge is 2.30. The first-order valence-corrected chi connectivity index (χ1v) is 7.28. The lowest BCUT2D eigenvalue weighted by molar-refractivity contribution is -0.139. The zero-order valence-electron chi connectivity index (χ0n) is 11.8. The van der Waals surface area contributed by atoms with Crippen LogP contribution in [0.15, 0.2) is 12.7 Å². The van der Waals surface area contributed by atoms with Gasteiger partial charge in [-0.15, -0.1) is 0 Å². The summed E-state index contributed by atoms with van der Waals surface area (Å²) in [6.07, 6.45) is 6.77. The van der Waals surface area contributed by atoms with Crippen molar-refractivity contribution in [1.82, 2.24) is 9.80 Å². The van der Waals surface area contributed by atoms with Crippen molar-refractivity contribution in [1.29, 1.82) is 0 Å². The van der Waals surface area contributed by atoms with Crippen molar-refractivity contribution in [3.63, 3.8) is 0 Å². The van der Waals surface area contributed by atoms with Gasteiger partial charge in [-0.05, 0) is 37.7 Å². The van der Waals surface area contributed by atoms with E-state index in [4.69, 9.17) is 0 Å². The number of carbonyl (C=O) groups excluding carboxylic acids is 2. The molecule has 2 amide bonds. The van der Waals surface area contributed by atoms with E-state index < -0.39 is 0 Å². The molecule has 2 aliphatic rings. The fourth-order valence-electron chi connectivity index (χ4n) is 2.94. The first kappa shape index (κ1) is 14.1. The summed E-state index contributed by atoms with van der Waals surface area (Å²) in [6, 6.07) is 0. The number of hydrogen-bond acceptors (Lipinski definition) is 2. The molecule has 2 fully saturated rings. The summed E-state index contributed by atoms with van der Waals surface area (Å²) in [6.45, 7) is 5.77. The zero-order chi connectivity index (χ0) is 13.8. The molecule has 106 valence electrons. The van der Waals surface area contributed by atoms with Crippen molar-refractivity contribution in [2.75, 3.05) is 26.7 Å². The van der Waals surface area contributed by atoms with E-state index in [0.29, 0.717) is 13.1 Å². The molecule has 0 N–H and O–H groups in total. The summed E-state index contributed by atoms with van der Waals surface area (Å²) in [7, 11) is 1.92. The maximum atomic E-state index is 12.3. The van der Waals surface area contributed by atoms with Gasteiger partial charge >= 0.3 is 0 Å². The molecule has 0 aromatic heterocycles. The minimum atomic E-state index is -0.0197. The van der Waals surface area contributed by atoms with Crippen LogP contribution in [-0.4, -0.2) is 48.3 Å². The molecule has 0 bridgehead atoms. The number of piperidine rings is 1. The van der Waals surface area contributed by atoms with Crippen molar-refractivity contribution in [3.8, 4) is 0 Å². The second-order valence-electron chi connectivity index (χ2n) is 5.82. The molecule has 0 aromatic rings. The summed E-state index contributed by atoms with van der Waals surface area (Å²) in [5.41, 5.74) is 0. The van der Waals surface area contributed by atoms with Gasteiger partial charge in [-0.25, -0.2) is 0 Å². The first-order chi connectivity index (χ1) is 9.11. The maximum Gasteiger partial charge on any atom is 0.245 e. The fourth-order valence-corrected chi connectivity index (χ4v) is 2.94. The lowest BCUT2D eigenvalue weighted by Gasteiger charge is -2.35. The van der Waals surface area contributed by atoms with Crippen LogP contribution in [0.5, 0.6) is 0 Å². The van der Waals surface area contributed by atoms with Gasteiger partial charge < -0.3 is 9.80 Å². The number of carbonyl (C=O) groups is 2. The first-order valence-electron chi connectivity index (χ1n) is 7.28. The highest BCUT2D eigenvalue weighted by molar-refractivity contribution is 5.87. The summed E-state index contributed by atoms with van der Waals surface area (Å²) in [4.78, 5) is 27.5. The van der Waals surface area contributed by atoms with Crippen LogP contribution in [0.1, 0.15) is 32.1 Å². The standard InChI is InChI=1S/C15H24N2O2/c1-3-14(18)17-9-7-13(8-10-17)15(19)16(2)11-12-5-4-6-12/h3,12-13H,1,4-11H2,2H3. The third-order valence-electron chi connectivity index (χ3n) is 4.46. The van der Waals surface area contributed by atoms with E-state index in [0.717, 1.165) is 25.3 Å². The minimum Gasteiger partial charge on any atom is -0.345 e. The lowest BCUT2D eigenvalue weighted by atomic mass is 9.85. The Morgan fingerprint density at radius 3 is 2.37 bits per heavy atom. The van der Waals surface area contributed by atoms with Crippen molar-refractivity contribution in [2.45, 2.75) is 32.1 Å². The lowest BCUT2D eigenvalue weighted by Crippen LogP contribution is -2.44. The van der Waals surface area contributed by atoms with E-state index in [1.807, 2.05) is 11.9 Å². The Kier molecular flexibility index (Phi) is 4.61. The molecule has 4 nitrogen and oxygen atoms in total. The second-order valence-corrected chi connectivity index (χ2v) is 5.82. The number of hydrogen-bond donors (Lipinski definition) is 0. The van der Waals surface area contributed by atoms with Gasteiger partial charge in [-0.3, -0.25) is 9.59 Å². The highest BCUT2D eigenvalue weighted by atomic mass is 16.2. The molecule has 1 aliphatic heterocycles. The second kappa shape index (κ2) is 6.22. The Balaban J connectivity index is 1.77. The minimum absolute atomic E-state index is 0.0197. The van der Waals surface area contributed by atoms with Gasteiger partial charge in [-0.2, -0.15) is 0 Å². The molecular formula is C15H24N2O2. The van der Waals surface area contributed by atoms with Gasteiger partial charge in [0.15, 0.2) is 0 Å². The van der Waals surface area contributed by atoms with Crippen molar-refractivity contribution >= 4 is 11.8 Å². The Morgan fingerprint density at radius 1 is 1.26 bits per heavy atom. The van der Waals surface area contributed by atoms with E-state index in [1.54, 1.807) is 4.90 Å². The van der Waals surface area contributed by atoms with Crippen molar-refractivity contribution in [3.05, 3.63) is 12.7 Å². The normalized spacial score (nSPS) is 20.8. The van der Waals surface area contributed by atoms with Crippen LogP contribution in [0, 0.1) is 11.8 Å². The van der Waals surface area contributed by atoms with Crippen LogP contribution in [0.2, 0.25) is 0 Å². The predicted molar refractivity (Wildman–Crippen MR) is 74.5 cm³/mol. The average molecular weight is 264 g/mol. The average Bonchev–Trinajstić information content (AvgIpc) is 2.41. The highest BCUT2D eigenvalue weighted by Crippen LogP contribution is 2.28. The number of likely N-dealkylation sites (tertiary alicyclic amines) is 1. The summed E-state index contributed by atoms with van der Waals surface area (Å²) in [5.74, 6) is 1.06. The van der Waals surface area contributed by atoms with Crippen LogP contribution < -0.4 is 0 Å². The Labute approximate surface area is 115 Å². The van der Waals surface area contributed by atoms with Gasteiger partial charge in [0.2, 0.25) is 11.8 Å². The van der Waals surface area contributed by atoms with E-state index in [-0.39, 0.29) is 17.7 Å². The van der Waals surface area contributed by atoms with Gasteiger partial charge in [0.1, 0.15) is 0 Å². The molecule has 1 aliphatic carbocycles. The molecule has 0 radical (unpaired) electrons. The topological polar surface area (TPSA) is 40.6 Å². The van der Waals surface area contributed by atoms with Crippen LogP contribution >= 0.6 is 0 Å². The molecule has 2 rings (SSSR count). The Morgan fingerprint density at radius 2 is 1.89 bits per heavy atom. The molecule has 0 unspecified atom stereocenters. The van der Waals surface area contributed by atoms with Gasteiger partial charge in [0.05, 0.1) is 0 Å². The molecule has 1 heterocycles. The fraction of sp³-hybridized carbons (Fsp3) is 0.733. The molecule has 4 heteroatoms. The molecule has 0 spiro atoms. The van der Waals surface area contributed by atoms with E-state index >= 15 is 0 Å². The molecule has 19 heavy (non-hydrogen) atoms. The van der Waals surface area contributed by atoms with Crippen LogP contribution in [0.25, 0.3) is 0 Å². The summed E-state index contributed by atoms with van der Waals surface area (Å²) >= 11 is 0. The smallest absolute Gasteiger partial charge is 0.245 e. The van der Waals surface area contributed by atoms with Gasteiger partial charge in [0, 0.05) is 32.6 Å². The van der Waals surface area contributed by atoms with Crippen LogP contribution in [-0.2, 0) is 9.59 Å². The van der Waals surface area contributed by atoms with Gasteiger partial charge in [-0.1, -0.05) is 13.0 Å². The van der Waals surface area contributed by atoms with Gasteiger partial charge in [0.25, 0.3) is 0 Å². The molecular weight excluding hydrogens is 240 g/mol. The Hall–Kier alpha value is -1.32. The third kappa shape index (κ3) is 3.37. The number of rotatable bonds is 4.